The van der Waals surface area contributed by atoms with E-state index in [1.165, 1.54) is 6.07 Å². The molecule has 2 aromatic rings. The van der Waals surface area contributed by atoms with Crippen LogP contribution in [0.1, 0.15) is 18.1 Å². The third-order valence-electron chi connectivity index (χ3n) is 3.92. The van der Waals surface area contributed by atoms with E-state index in [2.05, 4.69) is 4.98 Å². The van der Waals surface area contributed by atoms with E-state index in [0.717, 1.165) is 5.56 Å². The van der Waals surface area contributed by atoms with E-state index in [9.17, 15) is 9.50 Å². The van der Waals surface area contributed by atoms with Gasteiger partial charge in [0.15, 0.2) is 11.6 Å². The van der Waals surface area contributed by atoms with Gasteiger partial charge in [0.2, 0.25) is 0 Å². The molecule has 1 aromatic carbocycles. The Morgan fingerprint density at radius 2 is 2.09 bits per heavy atom. The Hall–Kier alpha value is -1.98. The van der Waals surface area contributed by atoms with Gasteiger partial charge in [-0.1, -0.05) is 30.3 Å². The highest BCUT2D eigenvalue weighted by atomic mass is 19.1. The molecule has 2 unspecified atom stereocenters. The van der Waals surface area contributed by atoms with Crippen LogP contribution >= 0.6 is 0 Å². The molecule has 2 atom stereocenters. The van der Waals surface area contributed by atoms with Crippen LogP contribution in [0.5, 0.6) is 0 Å². The van der Waals surface area contributed by atoms with E-state index in [-0.39, 0.29) is 11.9 Å². The molecule has 0 bridgehead atoms. The molecule has 0 radical (unpaired) electrons. The SMILES string of the molecule is OC(CC1COCCN1c1ncccc1F)c1ccccc1. The lowest BCUT2D eigenvalue weighted by Gasteiger charge is -2.37. The predicted octanol–water partition coefficient (Wildman–Crippen LogP) is 2.55. The van der Waals surface area contributed by atoms with Gasteiger partial charge in [0.25, 0.3) is 0 Å². The summed E-state index contributed by atoms with van der Waals surface area (Å²) in [7, 11) is 0. The fraction of sp³-hybridized carbons (Fsp3) is 0.353. The summed E-state index contributed by atoms with van der Waals surface area (Å²) in [6.45, 7) is 1.56. The van der Waals surface area contributed by atoms with Crippen LogP contribution in [0.4, 0.5) is 10.2 Å². The van der Waals surface area contributed by atoms with E-state index >= 15 is 0 Å². The van der Waals surface area contributed by atoms with Crippen LogP contribution in [0.3, 0.4) is 0 Å². The lowest BCUT2D eigenvalue weighted by molar-refractivity contribution is 0.0673. The van der Waals surface area contributed by atoms with Gasteiger partial charge in [-0.2, -0.15) is 0 Å². The minimum absolute atomic E-state index is 0.103. The first-order chi connectivity index (χ1) is 10.8. The van der Waals surface area contributed by atoms with Gasteiger partial charge in [-0.05, 0) is 17.7 Å². The molecule has 0 aliphatic carbocycles. The minimum atomic E-state index is -0.609. The smallest absolute Gasteiger partial charge is 0.165 e. The van der Waals surface area contributed by atoms with Crippen LogP contribution in [0, 0.1) is 5.82 Å². The van der Waals surface area contributed by atoms with Crippen molar-refractivity contribution in [3.05, 3.63) is 60.0 Å². The summed E-state index contributed by atoms with van der Waals surface area (Å²) >= 11 is 0. The number of halogens is 1. The number of aliphatic hydroxyl groups excluding tert-OH is 1. The molecule has 116 valence electrons. The molecule has 4 nitrogen and oxygen atoms in total. The average molecular weight is 302 g/mol. The molecule has 1 fully saturated rings. The molecule has 1 aliphatic heterocycles. The van der Waals surface area contributed by atoms with Gasteiger partial charge < -0.3 is 14.7 Å². The van der Waals surface area contributed by atoms with Gasteiger partial charge in [0, 0.05) is 19.2 Å². The quantitative estimate of drug-likeness (QED) is 0.943. The fourth-order valence-corrected chi connectivity index (χ4v) is 2.79. The van der Waals surface area contributed by atoms with Crippen LogP contribution in [-0.4, -0.2) is 35.9 Å². The number of ether oxygens (including phenoxy) is 1. The molecule has 5 heteroatoms. The third-order valence-corrected chi connectivity index (χ3v) is 3.92. The zero-order chi connectivity index (χ0) is 15.4. The Morgan fingerprint density at radius 1 is 1.27 bits per heavy atom. The highest BCUT2D eigenvalue weighted by molar-refractivity contribution is 5.41. The predicted molar refractivity (Wildman–Crippen MR) is 82.2 cm³/mol. The first kappa shape index (κ1) is 14.9. The molecule has 0 spiro atoms. The number of pyridine rings is 1. The van der Waals surface area contributed by atoms with Gasteiger partial charge in [-0.15, -0.1) is 0 Å². The van der Waals surface area contributed by atoms with Crippen molar-refractivity contribution in [2.45, 2.75) is 18.6 Å². The lowest BCUT2D eigenvalue weighted by atomic mass is 10.0. The number of rotatable bonds is 4. The number of aliphatic hydroxyl groups is 1. The summed E-state index contributed by atoms with van der Waals surface area (Å²) in [6, 6.07) is 12.4. The second-order valence-corrected chi connectivity index (χ2v) is 5.39. The zero-order valence-electron chi connectivity index (χ0n) is 12.2. The third kappa shape index (κ3) is 3.26. The second kappa shape index (κ2) is 6.85. The lowest BCUT2D eigenvalue weighted by Crippen LogP contribution is -2.47. The highest BCUT2D eigenvalue weighted by Gasteiger charge is 2.28. The Balaban J connectivity index is 1.77. The van der Waals surface area contributed by atoms with Crippen molar-refractivity contribution >= 4 is 5.82 Å². The first-order valence-corrected chi connectivity index (χ1v) is 7.43. The summed E-state index contributed by atoms with van der Waals surface area (Å²) in [4.78, 5) is 6.04. The van der Waals surface area contributed by atoms with Crippen LogP contribution in [0.15, 0.2) is 48.7 Å². The number of nitrogens with zero attached hydrogens (tertiary/aromatic N) is 2. The summed E-state index contributed by atoms with van der Waals surface area (Å²) < 4.78 is 19.5. The van der Waals surface area contributed by atoms with E-state index in [0.29, 0.717) is 32.0 Å². The Labute approximate surface area is 129 Å². The second-order valence-electron chi connectivity index (χ2n) is 5.39. The van der Waals surface area contributed by atoms with E-state index < -0.39 is 6.10 Å². The number of hydrogen-bond donors (Lipinski definition) is 1. The Kier molecular flexibility index (Phi) is 4.65. The van der Waals surface area contributed by atoms with Gasteiger partial charge in [-0.3, -0.25) is 0 Å². The van der Waals surface area contributed by atoms with Crippen molar-refractivity contribution in [2.75, 3.05) is 24.7 Å². The topological polar surface area (TPSA) is 45.6 Å². The normalized spacial score (nSPS) is 19.9. The maximum atomic E-state index is 14.0. The Bertz CT molecular complexity index is 609. The molecule has 1 aliphatic rings. The standard InChI is InChI=1S/C17H19FN2O2/c18-15-7-4-8-19-17(15)20-9-10-22-12-14(20)11-16(21)13-5-2-1-3-6-13/h1-8,14,16,21H,9-12H2. The molecule has 0 saturated carbocycles. The van der Waals surface area contributed by atoms with Crippen molar-refractivity contribution in [3.8, 4) is 0 Å². The number of hydrogen-bond acceptors (Lipinski definition) is 4. The molecule has 2 heterocycles. The largest absolute Gasteiger partial charge is 0.388 e. The molecular weight excluding hydrogens is 283 g/mol. The van der Waals surface area contributed by atoms with Crippen molar-refractivity contribution < 1.29 is 14.2 Å². The summed E-state index contributed by atoms with van der Waals surface area (Å²) in [5.74, 6) is -0.0142. The molecule has 3 rings (SSSR count). The van der Waals surface area contributed by atoms with Gasteiger partial charge >= 0.3 is 0 Å². The monoisotopic (exact) mass is 302 g/mol. The first-order valence-electron chi connectivity index (χ1n) is 7.43. The molecule has 1 saturated heterocycles. The van der Waals surface area contributed by atoms with Gasteiger partial charge in [0.05, 0.1) is 25.4 Å². The fourth-order valence-electron chi connectivity index (χ4n) is 2.79. The van der Waals surface area contributed by atoms with Crippen molar-refractivity contribution in [1.29, 1.82) is 0 Å². The van der Waals surface area contributed by atoms with Crippen LogP contribution < -0.4 is 4.90 Å². The molecule has 0 amide bonds. The summed E-state index contributed by atoms with van der Waals surface area (Å²) in [5, 5.41) is 10.4. The highest BCUT2D eigenvalue weighted by Crippen LogP contribution is 2.26. The zero-order valence-corrected chi connectivity index (χ0v) is 12.2. The molecular formula is C17H19FN2O2. The van der Waals surface area contributed by atoms with Crippen LogP contribution in [0.2, 0.25) is 0 Å². The molecule has 22 heavy (non-hydrogen) atoms. The Morgan fingerprint density at radius 3 is 2.86 bits per heavy atom. The number of morpholine rings is 1. The van der Waals surface area contributed by atoms with Crippen LogP contribution in [0.25, 0.3) is 0 Å². The van der Waals surface area contributed by atoms with Gasteiger partial charge in [-0.25, -0.2) is 9.37 Å². The van der Waals surface area contributed by atoms with Crippen molar-refractivity contribution in [2.24, 2.45) is 0 Å². The number of anilines is 1. The minimum Gasteiger partial charge on any atom is -0.388 e. The molecule has 1 aromatic heterocycles. The van der Waals surface area contributed by atoms with Crippen LogP contribution in [-0.2, 0) is 4.74 Å². The maximum absolute atomic E-state index is 14.0. The van der Waals surface area contributed by atoms with E-state index in [1.807, 2.05) is 35.2 Å². The summed E-state index contributed by atoms with van der Waals surface area (Å²) in [5.41, 5.74) is 0.856. The van der Waals surface area contributed by atoms with Crippen molar-refractivity contribution in [1.82, 2.24) is 4.98 Å². The van der Waals surface area contributed by atoms with E-state index in [4.69, 9.17) is 4.74 Å². The van der Waals surface area contributed by atoms with Crippen molar-refractivity contribution in [3.63, 3.8) is 0 Å². The van der Waals surface area contributed by atoms with Gasteiger partial charge in [0.1, 0.15) is 0 Å². The average Bonchev–Trinajstić information content (AvgIpc) is 2.57. The maximum Gasteiger partial charge on any atom is 0.165 e. The number of benzene rings is 1. The molecule has 1 N–H and O–H groups in total. The number of aromatic nitrogens is 1. The summed E-state index contributed by atoms with van der Waals surface area (Å²) in [6.07, 6.45) is 1.45. The van der Waals surface area contributed by atoms with E-state index in [1.54, 1.807) is 12.3 Å².